The monoisotopic (exact) mass is 466 g/mol. The minimum absolute atomic E-state index is 0. The fraction of sp³-hybridized carbons (Fsp3) is 0.625. The van der Waals surface area contributed by atoms with Crippen LogP contribution in [0.15, 0.2) is 21.8 Å². The molecule has 1 unspecified atom stereocenters. The largest absolute Gasteiger partial charge is 0.450 e. The van der Waals surface area contributed by atoms with Crippen LogP contribution in [0.4, 0.5) is 4.79 Å². The molecule has 0 aromatic carbocycles. The van der Waals surface area contributed by atoms with Crippen LogP contribution in [0.25, 0.3) is 0 Å². The lowest BCUT2D eigenvalue weighted by Gasteiger charge is -2.20. The number of nitrogens with zero attached hydrogens (tertiary/aromatic N) is 1. The molecule has 1 aliphatic carbocycles. The molecule has 1 saturated carbocycles. The summed E-state index contributed by atoms with van der Waals surface area (Å²) in [7, 11) is 0. The van der Waals surface area contributed by atoms with Gasteiger partial charge < -0.3 is 20.7 Å². The van der Waals surface area contributed by atoms with Gasteiger partial charge in [0.1, 0.15) is 0 Å². The van der Waals surface area contributed by atoms with Gasteiger partial charge >= 0.3 is 6.09 Å². The minimum atomic E-state index is -0.341. The van der Waals surface area contributed by atoms with Crippen molar-refractivity contribution in [1.82, 2.24) is 16.0 Å². The number of halogens is 1. The molecule has 1 atom stereocenters. The Morgan fingerprint density at radius 2 is 2.21 bits per heavy atom. The molecule has 0 radical (unpaired) electrons. The second-order valence-electron chi connectivity index (χ2n) is 5.52. The first kappa shape index (κ1) is 21.0. The average Bonchev–Trinajstić information content (AvgIpc) is 3.25. The zero-order chi connectivity index (χ0) is 16.5. The van der Waals surface area contributed by atoms with E-state index in [0.717, 1.165) is 25.3 Å². The number of aliphatic imine (C=N–C) groups is 1. The first-order chi connectivity index (χ1) is 11.2. The number of ether oxygens (including phenoxy) is 1. The first-order valence-corrected chi connectivity index (χ1v) is 9.13. The number of hydrogen-bond donors (Lipinski definition) is 3. The number of thiophene rings is 1. The van der Waals surface area contributed by atoms with Crippen molar-refractivity contribution in [1.29, 1.82) is 0 Å². The second kappa shape index (κ2) is 11.5. The van der Waals surface area contributed by atoms with Crippen LogP contribution >= 0.6 is 35.3 Å². The summed E-state index contributed by atoms with van der Waals surface area (Å²) in [5, 5.41) is 13.7. The molecule has 1 heterocycles. The average molecular weight is 466 g/mol. The van der Waals surface area contributed by atoms with Gasteiger partial charge in [-0.15, -0.1) is 24.0 Å². The standard InChI is InChI=1S/C16H26N4O2S.HI/c1-3-17-15(18-9-12-7-8-23-11-12)19-10-14(13-5-6-13)20-16(21)22-4-2;/h7-8,11,13-14H,3-6,9-10H2,1-2H3,(H,20,21)(H2,17,18,19);1H. The van der Waals surface area contributed by atoms with E-state index in [9.17, 15) is 4.79 Å². The van der Waals surface area contributed by atoms with Crippen LogP contribution in [-0.4, -0.2) is 37.8 Å². The van der Waals surface area contributed by atoms with Gasteiger partial charge in [-0.2, -0.15) is 11.3 Å². The maximum atomic E-state index is 11.6. The van der Waals surface area contributed by atoms with Crippen molar-refractivity contribution in [3.05, 3.63) is 22.4 Å². The topological polar surface area (TPSA) is 74.8 Å². The molecule has 1 amide bonds. The van der Waals surface area contributed by atoms with E-state index < -0.39 is 0 Å². The molecule has 0 saturated heterocycles. The summed E-state index contributed by atoms with van der Waals surface area (Å²) >= 11 is 1.68. The van der Waals surface area contributed by atoms with Gasteiger partial charge in [0, 0.05) is 13.1 Å². The van der Waals surface area contributed by atoms with Crippen LogP contribution < -0.4 is 16.0 Å². The fourth-order valence-electron chi connectivity index (χ4n) is 2.26. The van der Waals surface area contributed by atoms with Gasteiger partial charge in [-0.3, -0.25) is 0 Å². The van der Waals surface area contributed by atoms with Crippen LogP contribution in [0.5, 0.6) is 0 Å². The number of hydrogen-bond acceptors (Lipinski definition) is 4. The van der Waals surface area contributed by atoms with Gasteiger partial charge in [0.15, 0.2) is 5.96 Å². The highest BCUT2D eigenvalue weighted by Gasteiger charge is 2.32. The predicted octanol–water partition coefficient (Wildman–Crippen LogP) is 2.95. The summed E-state index contributed by atoms with van der Waals surface area (Å²) in [6.45, 7) is 6.34. The SMILES string of the molecule is CCNC(=NCc1ccsc1)NCC(NC(=O)OCC)C1CC1.I. The van der Waals surface area contributed by atoms with Crippen molar-refractivity contribution in [3.63, 3.8) is 0 Å². The highest BCUT2D eigenvalue weighted by atomic mass is 127. The van der Waals surface area contributed by atoms with E-state index >= 15 is 0 Å². The summed E-state index contributed by atoms with van der Waals surface area (Å²) in [5.41, 5.74) is 1.20. The maximum absolute atomic E-state index is 11.6. The number of carbonyl (C=O) groups excluding carboxylic acids is 1. The molecule has 0 bridgehead atoms. The number of guanidine groups is 1. The van der Waals surface area contributed by atoms with E-state index in [1.165, 1.54) is 5.56 Å². The summed E-state index contributed by atoms with van der Waals surface area (Å²) in [6.07, 6.45) is 1.97. The molecular weight excluding hydrogens is 439 g/mol. The first-order valence-electron chi connectivity index (χ1n) is 8.19. The third-order valence-corrected chi connectivity index (χ3v) is 4.34. The van der Waals surface area contributed by atoms with Crippen molar-refractivity contribution in [2.45, 2.75) is 39.3 Å². The van der Waals surface area contributed by atoms with Crippen molar-refractivity contribution >= 4 is 47.4 Å². The van der Waals surface area contributed by atoms with Crippen LogP contribution in [0, 0.1) is 5.92 Å². The summed E-state index contributed by atoms with van der Waals surface area (Å²) in [6, 6.07) is 2.16. The molecule has 136 valence electrons. The number of rotatable bonds is 8. The van der Waals surface area contributed by atoms with Crippen LogP contribution in [-0.2, 0) is 11.3 Å². The summed E-state index contributed by atoms with van der Waals surface area (Å²) in [5.74, 6) is 1.31. The zero-order valence-corrected chi connectivity index (χ0v) is 17.4. The Hall–Kier alpha value is -1.03. The zero-order valence-electron chi connectivity index (χ0n) is 14.2. The van der Waals surface area contributed by atoms with E-state index in [-0.39, 0.29) is 36.1 Å². The number of amides is 1. The fourth-order valence-corrected chi connectivity index (χ4v) is 2.92. The third kappa shape index (κ3) is 7.69. The Labute approximate surface area is 164 Å². The Morgan fingerprint density at radius 3 is 2.79 bits per heavy atom. The molecule has 1 aliphatic rings. The van der Waals surface area contributed by atoms with Crippen LogP contribution in [0.3, 0.4) is 0 Å². The highest BCUT2D eigenvalue weighted by molar-refractivity contribution is 14.0. The van der Waals surface area contributed by atoms with Gasteiger partial charge in [0.05, 0.1) is 19.2 Å². The van der Waals surface area contributed by atoms with Crippen LogP contribution in [0.1, 0.15) is 32.3 Å². The number of carbonyl (C=O) groups is 1. The Morgan fingerprint density at radius 1 is 1.42 bits per heavy atom. The van der Waals surface area contributed by atoms with Gasteiger partial charge in [0.25, 0.3) is 0 Å². The van der Waals surface area contributed by atoms with Gasteiger partial charge in [-0.25, -0.2) is 9.79 Å². The van der Waals surface area contributed by atoms with Gasteiger partial charge in [-0.05, 0) is 55.0 Å². The third-order valence-electron chi connectivity index (χ3n) is 3.60. The highest BCUT2D eigenvalue weighted by Crippen LogP contribution is 2.32. The van der Waals surface area contributed by atoms with E-state index in [4.69, 9.17) is 4.74 Å². The maximum Gasteiger partial charge on any atom is 0.407 e. The van der Waals surface area contributed by atoms with Crippen molar-refractivity contribution in [2.24, 2.45) is 10.9 Å². The molecule has 0 aliphatic heterocycles. The van der Waals surface area contributed by atoms with Crippen LogP contribution in [0.2, 0.25) is 0 Å². The van der Waals surface area contributed by atoms with E-state index in [1.807, 2.05) is 13.8 Å². The van der Waals surface area contributed by atoms with Gasteiger partial charge in [0.2, 0.25) is 0 Å². The minimum Gasteiger partial charge on any atom is -0.450 e. The van der Waals surface area contributed by atoms with E-state index in [0.29, 0.717) is 25.6 Å². The summed E-state index contributed by atoms with van der Waals surface area (Å²) < 4.78 is 4.98. The lowest BCUT2D eigenvalue weighted by Crippen LogP contribution is -2.48. The normalized spacial score (nSPS) is 15.2. The molecule has 6 nitrogen and oxygen atoms in total. The Balaban J connectivity index is 0.00000288. The molecule has 24 heavy (non-hydrogen) atoms. The smallest absolute Gasteiger partial charge is 0.407 e. The molecule has 1 aromatic rings. The molecule has 2 rings (SSSR count). The predicted molar refractivity (Wildman–Crippen MR) is 109 cm³/mol. The second-order valence-corrected chi connectivity index (χ2v) is 6.30. The quantitative estimate of drug-likeness (QED) is 0.313. The molecule has 1 fully saturated rings. The Kier molecular flexibility index (Phi) is 10.1. The molecular formula is C16H27IN4O2S. The van der Waals surface area contributed by atoms with Crippen molar-refractivity contribution in [3.8, 4) is 0 Å². The van der Waals surface area contributed by atoms with Crippen molar-refractivity contribution in [2.75, 3.05) is 19.7 Å². The lowest BCUT2D eigenvalue weighted by atomic mass is 10.2. The van der Waals surface area contributed by atoms with E-state index in [1.54, 1.807) is 11.3 Å². The molecule has 0 spiro atoms. The molecule has 8 heteroatoms. The lowest BCUT2D eigenvalue weighted by molar-refractivity contribution is 0.146. The number of nitrogens with one attached hydrogen (secondary N) is 3. The molecule has 3 N–H and O–H groups in total. The van der Waals surface area contributed by atoms with E-state index in [2.05, 4.69) is 37.8 Å². The van der Waals surface area contributed by atoms with Gasteiger partial charge in [-0.1, -0.05) is 0 Å². The number of alkyl carbamates (subject to hydrolysis) is 1. The molecule has 1 aromatic heterocycles. The Bertz CT molecular complexity index is 506. The summed E-state index contributed by atoms with van der Waals surface area (Å²) in [4.78, 5) is 16.2. The van der Waals surface area contributed by atoms with Crippen molar-refractivity contribution < 1.29 is 9.53 Å².